The van der Waals surface area contributed by atoms with Crippen LogP contribution in [0.5, 0.6) is 11.5 Å². The number of carbonyl (C=O) groups excluding carboxylic acids is 2. The maximum atomic E-state index is 12.6. The van der Waals surface area contributed by atoms with Crippen LogP contribution in [-0.2, 0) is 11.3 Å². The van der Waals surface area contributed by atoms with Gasteiger partial charge in [0.1, 0.15) is 18.1 Å². The first kappa shape index (κ1) is 19.7. The molecule has 30 heavy (non-hydrogen) atoms. The molecule has 0 amide bonds. The van der Waals surface area contributed by atoms with Crippen molar-refractivity contribution in [3.63, 3.8) is 0 Å². The quantitative estimate of drug-likeness (QED) is 0.413. The lowest BCUT2D eigenvalue weighted by molar-refractivity contribution is 0.0600. The highest BCUT2D eigenvalue weighted by molar-refractivity contribution is 6.31. The van der Waals surface area contributed by atoms with Crippen molar-refractivity contribution in [1.82, 2.24) is 0 Å². The van der Waals surface area contributed by atoms with Crippen LogP contribution in [0.15, 0.2) is 72.5 Å². The number of ether oxygens (including phenoxy) is 3. The van der Waals surface area contributed by atoms with Crippen LogP contribution in [-0.4, -0.2) is 18.9 Å². The summed E-state index contributed by atoms with van der Waals surface area (Å²) in [7, 11) is 1.33. The highest BCUT2D eigenvalue weighted by Gasteiger charge is 2.27. The zero-order chi connectivity index (χ0) is 21.1. The fourth-order valence-corrected chi connectivity index (χ4v) is 3.21. The summed E-state index contributed by atoms with van der Waals surface area (Å²) >= 11 is 6.15. The summed E-state index contributed by atoms with van der Waals surface area (Å²) in [4.78, 5) is 24.2. The molecule has 0 saturated heterocycles. The number of fused-ring (bicyclic) bond motifs is 1. The molecule has 0 fully saturated rings. The van der Waals surface area contributed by atoms with Crippen molar-refractivity contribution >= 4 is 29.4 Å². The molecule has 3 aromatic rings. The number of allylic oxidation sites excluding steroid dienone is 1. The number of ketones is 1. The Morgan fingerprint density at radius 2 is 1.83 bits per heavy atom. The van der Waals surface area contributed by atoms with E-state index < -0.39 is 5.97 Å². The average molecular weight is 421 g/mol. The second-order valence-corrected chi connectivity index (χ2v) is 7.00. The summed E-state index contributed by atoms with van der Waals surface area (Å²) in [5.41, 5.74) is 2.50. The number of Topliss-reactive ketones (excluding diaryl/α,β-unsaturated/α-hetero) is 1. The minimum absolute atomic E-state index is 0.207. The van der Waals surface area contributed by atoms with E-state index in [-0.39, 0.29) is 11.5 Å². The van der Waals surface area contributed by atoms with Crippen molar-refractivity contribution in [3.8, 4) is 11.5 Å². The monoisotopic (exact) mass is 420 g/mol. The van der Waals surface area contributed by atoms with Crippen LogP contribution in [0.25, 0.3) is 6.08 Å². The van der Waals surface area contributed by atoms with Crippen LogP contribution in [0, 0.1) is 0 Å². The number of hydrogen-bond acceptors (Lipinski definition) is 5. The van der Waals surface area contributed by atoms with Gasteiger partial charge in [-0.15, -0.1) is 0 Å². The van der Waals surface area contributed by atoms with E-state index >= 15 is 0 Å². The molecular weight excluding hydrogens is 404 g/mol. The van der Waals surface area contributed by atoms with E-state index in [1.54, 1.807) is 54.6 Å². The highest BCUT2D eigenvalue weighted by Crippen LogP contribution is 2.35. The smallest absolute Gasteiger partial charge is 0.337 e. The number of halogens is 1. The fourth-order valence-electron chi connectivity index (χ4n) is 3.02. The molecule has 0 aromatic heterocycles. The molecule has 1 aliphatic heterocycles. The number of esters is 1. The van der Waals surface area contributed by atoms with E-state index in [0.717, 1.165) is 11.1 Å². The van der Waals surface area contributed by atoms with Crippen molar-refractivity contribution in [1.29, 1.82) is 0 Å². The van der Waals surface area contributed by atoms with Crippen LogP contribution in [0.4, 0.5) is 0 Å². The van der Waals surface area contributed by atoms with Crippen molar-refractivity contribution < 1.29 is 23.8 Å². The Morgan fingerprint density at radius 3 is 2.57 bits per heavy atom. The third kappa shape index (κ3) is 4.07. The standard InChI is InChI=1S/C24H17ClO5/c1-28-24(27)16-8-6-15(7-9-16)12-22-23(26)19-11-10-18(13-21(19)30-22)29-14-17-4-2-3-5-20(17)25/h2-13H,14H2,1H3. The molecule has 150 valence electrons. The van der Waals surface area contributed by atoms with Gasteiger partial charge in [-0.3, -0.25) is 4.79 Å². The molecule has 0 N–H and O–H groups in total. The van der Waals surface area contributed by atoms with Gasteiger partial charge < -0.3 is 14.2 Å². The summed E-state index contributed by atoms with van der Waals surface area (Å²) in [5.74, 6) is 0.595. The van der Waals surface area contributed by atoms with E-state index in [9.17, 15) is 9.59 Å². The first-order valence-corrected chi connectivity index (χ1v) is 9.56. The van der Waals surface area contributed by atoms with Gasteiger partial charge in [0.25, 0.3) is 0 Å². The van der Waals surface area contributed by atoms with E-state index in [1.165, 1.54) is 7.11 Å². The molecule has 3 aromatic carbocycles. The Hall–Kier alpha value is -3.57. The Bertz CT molecular complexity index is 1150. The summed E-state index contributed by atoms with van der Waals surface area (Å²) in [6.45, 7) is 0.307. The van der Waals surface area contributed by atoms with Crippen molar-refractivity contribution in [2.75, 3.05) is 7.11 Å². The Morgan fingerprint density at radius 1 is 1.07 bits per heavy atom. The third-order valence-electron chi connectivity index (χ3n) is 4.62. The topological polar surface area (TPSA) is 61.8 Å². The van der Waals surface area contributed by atoms with Gasteiger partial charge in [-0.1, -0.05) is 41.9 Å². The molecule has 0 unspecified atom stereocenters. The van der Waals surface area contributed by atoms with Crippen LogP contribution in [0.3, 0.4) is 0 Å². The number of rotatable bonds is 5. The first-order valence-electron chi connectivity index (χ1n) is 9.18. The predicted octanol–water partition coefficient (Wildman–Crippen LogP) is 5.32. The Kier molecular flexibility index (Phi) is 5.55. The maximum Gasteiger partial charge on any atom is 0.337 e. The van der Waals surface area contributed by atoms with Gasteiger partial charge in [-0.2, -0.15) is 0 Å². The van der Waals surface area contributed by atoms with Gasteiger partial charge in [0, 0.05) is 16.7 Å². The van der Waals surface area contributed by atoms with Crippen LogP contribution < -0.4 is 9.47 Å². The molecule has 0 bridgehead atoms. The molecule has 4 rings (SSSR count). The second kappa shape index (κ2) is 8.43. The summed E-state index contributed by atoms with van der Waals surface area (Å²) < 4.78 is 16.2. The minimum Gasteiger partial charge on any atom is -0.489 e. The SMILES string of the molecule is COC(=O)c1ccc(C=C2Oc3cc(OCc4ccccc4Cl)ccc3C2=O)cc1. The largest absolute Gasteiger partial charge is 0.489 e. The van der Waals surface area contributed by atoms with Crippen molar-refractivity contribution in [2.24, 2.45) is 0 Å². The molecular formula is C24H17ClO5. The van der Waals surface area contributed by atoms with Gasteiger partial charge in [0.05, 0.1) is 18.2 Å². The summed E-state index contributed by atoms with van der Waals surface area (Å²) in [6.07, 6.45) is 1.63. The van der Waals surface area contributed by atoms with Gasteiger partial charge in [0.2, 0.25) is 5.78 Å². The average Bonchev–Trinajstić information content (AvgIpc) is 3.07. The van der Waals surface area contributed by atoms with Crippen LogP contribution in [0.2, 0.25) is 5.02 Å². The molecule has 0 aliphatic carbocycles. The van der Waals surface area contributed by atoms with E-state index in [0.29, 0.717) is 34.3 Å². The molecule has 0 radical (unpaired) electrons. The fraction of sp³-hybridized carbons (Fsp3) is 0.0833. The summed E-state index contributed by atoms with van der Waals surface area (Å²) in [5, 5.41) is 0.633. The molecule has 6 heteroatoms. The molecule has 1 aliphatic rings. The Balaban J connectivity index is 1.49. The van der Waals surface area contributed by atoms with Crippen LogP contribution in [0.1, 0.15) is 31.8 Å². The van der Waals surface area contributed by atoms with Gasteiger partial charge in [0.15, 0.2) is 5.76 Å². The lowest BCUT2D eigenvalue weighted by atomic mass is 10.1. The van der Waals surface area contributed by atoms with E-state index in [4.69, 9.17) is 21.1 Å². The van der Waals surface area contributed by atoms with Crippen molar-refractivity contribution in [3.05, 3.63) is 99.8 Å². The minimum atomic E-state index is -0.417. The zero-order valence-electron chi connectivity index (χ0n) is 16.1. The highest BCUT2D eigenvalue weighted by atomic mass is 35.5. The van der Waals surface area contributed by atoms with E-state index in [2.05, 4.69) is 4.74 Å². The van der Waals surface area contributed by atoms with Crippen LogP contribution >= 0.6 is 11.6 Å². The van der Waals surface area contributed by atoms with Gasteiger partial charge in [-0.05, 0) is 42.0 Å². The molecule has 0 saturated carbocycles. The third-order valence-corrected chi connectivity index (χ3v) is 4.99. The first-order chi connectivity index (χ1) is 14.5. The maximum absolute atomic E-state index is 12.6. The molecule has 0 atom stereocenters. The number of benzene rings is 3. The number of carbonyl (C=O) groups is 2. The molecule has 1 heterocycles. The zero-order valence-corrected chi connectivity index (χ0v) is 16.8. The van der Waals surface area contributed by atoms with Crippen molar-refractivity contribution in [2.45, 2.75) is 6.61 Å². The second-order valence-electron chi connectivity index (χ2n) is 6.59. The predicted molar refractivity (Wildman–Crippen MR) is 113 cm³/mol. The summed E-state index contributed by atoms with van der Waals surface area (Å²) in [6, 6.07) is 19.2. The van der Waals surface area contributed by atoms with Gasteiger partial charge in [-0.25, -0.2) is 4.79 Å². The molecule has 0 spiro atoms. The Labute approximate surface area is 178 Å². The van der Waals surface area contributed by atoms with E-state index in [1.807, 2.05) is 18.2 Å². The lowest BCUT2D eigenvalue weighted by Gasteiger charge is -2.08. The number of methoxy groups -OCH3 is 1. The lowest BCUT2D eigenvalue weighted by Crippen LogP contribution is -2.01. The number of hydrogen-bond donors (Lipinski definition) is 0. The normalized spacial score (nSPS) is 13.7. The molecule has 5 nitrogen and oxygen atoms in total. The van der Waals surface area contributed by atoms with Gasteiger partial charge >= 0.3 is 5.97 Å².